The molecular formula is C12H19N3O2S. The molecule has 0 spiro atoms. The van der Waals surface area contributed by atoms with Crippen LogP contribution in [0.5, 0.6) is 0 Å². The van der Waals surface area contributed by atoms with Crippen LogP contribution in [0.15, 0.2) is 0 Å². The molecular weight excluding hydrogens is 250 g/mol. The van der Waals surface area contributed by atoms with Crippen LogP contribution in [0.2, 0.25) is 0 Å². The van der Waals surface area contributed by atoms with Crippen molar-refractivity contribution in [1.29, 1.82) is 0 Å². The molecule has 0 aromatic carbocycles. The summed E-state index contributed by atoms with van der Waals surface area (Å²) < 4.78 is 5.32. The lowest BCUT2D eigenvalue weighted by atomic mass is 10.2. The zero-order chi connectivity index (χ0) is 12.8. The predicted octanol–water partition coefficient (Wildman–Crippen LogP) is 2.39. The number of aryl methyl sites for hydroxylation is 1. The summed E-state index contributed by atoms with van der Waals surface area (Å²) in [6, 6.07) is 0. The van der Waals surface area contributed by atoms with Crippen LogP contribution in [0.4, 0.5) is 5.13 Å². The van der Waals surface area contributed by atoms with E-state index in [4.69, 9.17) is 4.74 Å². The first-order chi connectivity index (χ1) is 8.79. The van der Waals surface area contributed by atoms with Gasteiger partial charge in [-0.15, -0.1) is 10.2 Å². The van der Waals surface area contributed by atoms with Crippen LogP contribution in [0.1, 0.15) is 44.0 Å². The average Bonchev–Trinajstić information content (AvgIpc) is 3.00. The maximum Gasteiger partial charge on any atom is 0.255 e. The molecule has 0 radical (unpaired) electrons. The number of unbranched alkanes of at least 4 members (excludes halogenated alkanes) is 2. The van der Waals surface area contributed by atoms with E-state index in [2.05, 4.69) is 22.4 Å². The van der Waals surface area contributed by atoms with Crippen molar-refractivity contribution in [3.8, 4) is 0 Å². The van der Waals surface area contributed by atoms with Gasteiger partial charge in [-0.2, -0.15) is 0 Å². The van der Waals surface area contributed by atoms with E-state index in [1.165, 1.54) is 24.2 Å². The number of amides is 1. The van der Waals surface area contributed by atoms with Gasteiger partial charge in [0.05, 0.1) is 0 Å². The van der Waals surface area contributed by atoms with Crippen LogP contribution >= 0.6 is 11.3 Å². The van der Waals surface area contributed by atoms with E-state index in [-0.39, 0.29) is 12.0 Å². The van der Waals surface area contributed by atoms with Crippen LogP contribution < -0.4 is 5.32 Å². The summed E-state index contributed by atoms with van der Waals surface area (Å²) in [5.41, 5.74) is 0. The first kappa shape index (κ1) is 13.4. The predicted molar refractivity (Wildman–Crippen MR) is 70.7 cm³/mol. The van der Waals surface area contributed by atoms with Crippen molar-refractivity contribution in [2.45, 2.75) is 51.6 Å². The Hall–Kier alpha value is -1.01. The molecule has 1 atom stereocenters. The van der Waals surface area contributed by atoms with Crippen LogP contribution in [0.3, 0.4) is 0 Å². The number of anilines is 1. The highest BCUT2D eigenvalue weighted by atomic mass is 32.1. The molecule has 2 rings (SSSR count). The molecule has 1 aromatic heterocycles. The molecule has 6 heteroatoms. The van der Waals surface area contributed by atoms with E-state index in [1.54, 1.807) is 0 Å². The van der Waals surface area contributed by atoms with E-state index in [0.717, 1.165) is 30.7 Å². The number of carbonyl (C=O) groups is 1. The van der Waals surface area contributed by atoms with Gasteiger partial charge in [-0.25, -0.2) is 0 Å². The van der Waals surface area contributed by atoms with E-state index in [9.17, 15) is 4.79 Å². The minimum absolute atomic E-state index is 0.0937. The van der Waals surface area contributed by atoms with E-state index in [0.29, 0.717) is 11.7 Å². The minimum atomic E-state index is -0.308. The van der Waals surface area contributed by atoms with Gasteiger partial charge < -0.3 is 4.74 Å². The summed E-state index contributed by atoms with van der Waals surface area (Å²) in [4.78, 5) is 11.8. The Morgan fingerprint density at radius 3 is 3.11 bits per heavy atom. The highest BCUT2D eigenvalue weighted by Crippen LogP contribution is 2.19. The van der Waals surface area contributed by atoms with Gasteiger partial charge in [0.15, 0.2) is 0 Å². The molecule has 0 unspecified atom stereocenters. The number of hydrogen-bond donors (Lipinski definition) is 1. The summed E-state index contributed by atoms with van der Waals surface area (Å²) in [6.45, 7) is 2.85. The first-order valence-electron chi connectivity index (χ1n) is 6.54. The smallest absolute Gasteiger partial charge is 0.255 e. The molecule has 100 valence electrons. The topological polar surface area (TPSA) is 64.1 Å². The van der Waals surface area contributed by atoms with Gasteiger partial charge in [-0.1, -0.05) is 31.1 Å². The molecule has 1 saturated heterocycles. The maximum absolute atomic E-state index is 11.8. The molecule has 1 N–H and O–H groups in total. The van der Waals surface area contributed by atoms with Crippen molar-refractivity contribution in [3.63, 3.8) is 0 Å². The van der Waals surface area contributed by atoms with Crippen molar-refractivity contribution in [1.82, 2.24) is 10.2 Å². The van der Waals surface area contributed by atoms with E-state index in [1.807, 2.05) is 0 Å². The molecule has 1 amide bonds. The SMILES string of the molecule is CCCCCc1nnc(NC(=O)[C@H]2CCCO2)s1. The van der Waals surface area contributed by atoms with Gasteiger partial charge >= 0.3 is 0 Å². The number of carbonyl (C=O) groups excluding carboxylic acids is 1. The molecule has 18 heavy (non-hydrogen) atoms. The Balaban J connectivity index is 1.80. The lowest BCUT2D eigenvalue weighted by Crippen LogP contribution is -2.26. The van der Waals surface area contributed by atoms with Crippen molar-refractivity contribution in [2.75, 3.05) is 11.9 Å². The summed E-state index contributed by atoms with van der Waals surface area (Å²) in [5.74, 6) is -0.0937. The summed E-state index contributed by atoms with van der Waals surface area (Å²) in [6.07, 6.45) is 5.92. The summed E-state index contributed by atoms with van der Waals surface area (Å²) >= 11 is 1.46. The Morgan fingerprint density at radius 2 is 2.39 bits per heavy atom. The number of aromatic nitrogens is 2. The Morgan fingerprint density at radius 1 is 1.50 bits per heavy atom. The third-order valence-electron chi connectivity index (χ3n) is 2.91. The molecule has 1 fully saturated rings. The molecule has 2 heterocycles. The second kappa shape index (κ2) is 6.80. The number of nitrogens with zero attached hydrogens (tertiary/aromatic N) is 2. The number of nitrogens with one attached hydrogen (secondary N) is 1. The molecule has 0 bridgehead atoms. The molecule has 1 aliphatic heterocycles. The highest BCUT2D eigenvalue weighted by molar-refractivity contribution is 7.15. The molecule has 1 aliphatic rings. The monoisotopic (exact) mass is 269 g/mol. The second-order valence-corrected chi connectivity index (χ2v) is 5.51. The normalized spacial score (nSPS) is 19.1. The fraction of sp³-hybridized carbons (Fsp3) is 0.750. The highest BCUT2D eigenvalue weighted by Gasteiger charge is 2.24. The van der Waals surface area contributed by atoms with Gasteiger partial charge in [0.25, 0.3) is 5.91 Å². The van der Waals surface area contributed by atoms with E-state index >= 15 is 0 Å². The molecule has 0 aliphatic carbocycles. The Kier molecular flexibility index (Phi) is 5.07. The van der Waals surface area contributed by atoms with Crippen LogP contribution in [0, 0.1) is 0 Å². The summed E-state index contributed by atoms with van der Waals surface area (Å²) in [7, 11) is 0. The third-order valence-corrected chi connectivity index (χ3v) is 3.81. The van der Waals surface area contributed by atoms with Gasteiger partial charge in [-0.05, 0) is 19.3 Å². The third kappa shape index (κ3) is 3.74. The average molecular weight is 269 g/mol. The van der Waals surface area contributed by atoms with Crippen molar-refractivity contribution in [3.05, 3.63) is 5.01 Å². The summed E-state index contributed by atoms with van der Waals surface area (Å²) in [5, 5.41) is 12.4. The van der Waals surface area contributed by atoms with E-state index < -0.39 is 0 Å². The van der Waals surface area contributed by atoms with Crippen LogP contribution in [0.25, 0.3) is 0 Å². The Labute approximate surface area is 111 Å². The quantitative estimate of drug-likeness (QED) is 0.805. The number of hydrogen-bond acceptors (Lipinski definition) is 5. The standard InChI is InChI=1S/C12H19N3O2S/c1-2-3-4-7-10-14-15-12(18-10)13-11(16)9-6-5-8-17-9/h9H,2-8H2,1H3,(H,13,15,16)/t9-/m1/s1. The fourth-order valence-electron chi connectivity index (χ4n) is 1.90. The van der Waals surface area contributed by atoms with Crippen molar-refractivity contribution >= 4 is 22.4 Å². The van der Waals surface area contributed by atoms with Crippen LogP contribution in [-0.4, -0.2) is 28.8 Å². The number of rotatable bonds is 6. The zero-order valence-corrected chi connectivity index (χ0v) is 11.5. The van der Waals surface area contributed by atoms with Crippen molar-refractivity contribution < 1.29 is 9.53 Å². The largest absolute Gasteiger partial charge is 0.368 e. The minimum Gasteiger partial charge on any atom is -0.368 e. The first-order valence-corrected chi connectivity index (χ1v) is 7.36. The van der Waals surface area contributed by atoms with Gasteiger partial charge in [0.1, 0.15) is 11.1 Å². The molecule has 0 saturated carbocycles. The number of ether oxygens (including phenoxy) is 1. The molecule has 1 aromatic rings. The maximum atomic E-state index is 11.8. The Bertz CT molecular complexity index is 388. The lowest BCUT2D eigenvalue weighted by molar-refractivity contribution is -0.124. The van der Waals surface area contributed by atoms with Crippen molar-refractivity contribution in [2.24, 2.45) is 0 Å². The lowest BCUT2D eigenvalue weighted by Gasteiger charge is -2.06. The van der Waals surface area contributed by atoms with Gasteiger partial charge in [0, 0.05) is 13.0 Å². The zero-order valence-electron chi connectivity index (χ0n) is 10.6. The second-order valence-electron chi connectivity index (χ2n) is 4.45. The van der Waals surface area contributed by atoms with Crippen LogP contribution in [-0.2, 0) is 16.0 Å². The van der Waals surface area contributed by atoms with Gasteiger partial charge in [-0.3, -0.25) is 10.1 Å². The fourth-order valence-corrected chi connectivity index (χ4v) is 2.69. The van der Waals surface area contributed by atoms with Gasteiger partial charge in [0.2, 0.25) is 5.13 Å². The molecule has 5 nitrogen and oxygen atoms in total.